The normalized spacial score (nSPS) is 12.7. The molecular weight excluding hydrogens is 829 g/mol. The van der Waals surface area contributed by atoms with Crippen molar-refractivity contribution < 1.29 is 28.6 Å². The quantitative estimate of drug-likeness (QED) is 0.0262. The lowest BCUT2D eigenvalue weighted by molar-refractivity contribution is -0.167. The summed E-state index contributed by atoms with van der Waals surface area (Å²) in [5.74, 6) is -0.921. The van der Waals surface area contributed by atoms with Gasteiger partial charge in [-0.15, -0.1) is 0 Å². The lowest BCUT2D eigenvalue weighted by atomic mass is 10.1. The molecule has 0 aliphatic heterocycles. The van der Waals surface area contributed by atoms with Gasteiger partial charge in [0.2, 0.25) is 0 Å². The first-order valence-electron chi connectivity index (χ1n) is 28.1. The molecule has 0 fully saturated rings. The van der Waals surface area contributed by atoms with Gasteiger partial charge in [-0.1, -0.05) is 234 Å². The van der Waals surface area contributed by atoms with Crippen molar-refractivity contribution in [1.82, 2.24) is 0 Å². The number of carbonyl (C=O) groups is 3. The summed E-state index contributed by atoms with van der Waals surface area (Å²) >= 11 is 0. The number of hydrogen-bond donors (Lipinski definition) is 0. The smallest absolute Gasteiger partial charge is 0.306 e. The zero-order chi connectivity index (χ0) is 48.6. The van der Waals surface area contributed by atoms with Crippen molar-refractivity contribution in [3.05, 3.63) is 85.1 Å². The molecule has 0 heterocycles. The van der Waals surface area contributed by atoms with Gasteiger partial charge in [0.25, 0.3) is 0 Å². The Balaban J connectivity index is 4.41. The average molecular weight is 933 g/mol. The van der Waals surface area contributed by atoms with E-state index in [1.807, 2.05) is 0 Å². The van der Waals surface area contributed by atoms with Gasteiger partial charge in [-0.05, 0) is 96.3 Å². The van der Waals surface area contributed by atoms with Crippen LogP contribution in [0.25, 0.3) is 0 Å². The second-order valence-corrected chi connectivity index (χ2v) is 18.5. The van der Waals surface area contributed by atoms with Crippen molar-refractivity contribution in [1.29, 1.82) is 0 Å². The number of hydrogen-bond acceptors (Lipinski definition) is 6. The average Bonchev–Trinajstić information content (AvgIpc) is 3.33. The third-order valence-corrected chi connectivity index (χ3v) is 11.9. The Kier molecular flexibility index (Phi) is 52.4. The van der Waals surface area contributed by atoms with E-state index in [0.717, 1.165) is 103 Å². The van der Waals surface area contributed by atoms with Gasteiger partial charge in [-0.2, -0.15) is 0 Å². The van der Waals surface area contributed by atoms with E-state index in [9.17, 15) is 14.4 Å². The Labute approximate surface area is 414 Å². The molecule has 0 aromatic carbocycles. The summed E-state index contributed by atoms with van der Waals surface area (Å²) in [5, 5.41) is 0. The molecule has 1 atom stereocenters. The van der Waals surface area contributed by atoms with E-state index in [2.05, 4.69) is 106 Å². The highest BCUT2D eigenvalue weighted by atomic mass is 16.6. The highest BCUT2D eigenvalue weighted by Crippen LogP contribution is 2.15. The van der Waals surface area contributed by atoms with Gasteiger partial charge in [-0.25, -0.2) is 0 Å². The van der Waals surface area contributed by atoms with Crippen molar-refractivity contribution in [3.63, 3.8) is 0 Å². The first-order valence-corrected chi connectivity index (χ1v) is 28.1. The molecule has 0 spiro atoms. The van der Waals surface area contributed by atoms with Gasteiger partial charge in [0.15, 0.2) is 6.10 Å². The summed E-state index contributed by atoms with van der Waals surface area (Å²) in [6, 6.07) is 0. The maximum atomic E-state index is 12.8. The van der Waals surface area contributed by atoms with Gasteiger partial charge >= 0.3 is 17.9 Å². The standard InChI is InChI=1S/C61H104O6/c1-4-7-10-13-16-19-22-24-26-28-30-32-34-36-39-42-45-48-51-54-60(63)66-57-58(56-65-59(62)53-50-47-44-41-38-21-18-15-12-9-6-3)67-61(64)55-52-49-46-43-40-37-35-33-31-29-27-25-23-20-17-14-11-8-5-2/h7,10,16-17,19-20,24-27,30,32,36,39,58H,4-6,8-9,11-15,18,21-23,28-29,31,33-35,37-38,40-57H2,1-3H3/b10-7-,19-16-,20-17-,26-24-,27-25-,32-30-,39-36-/t58-/m0/s1. The van der Waals surface area contributed by atoms with E-state index in [1.165, 1.54) is 122 Å². The number of ether oxygens (including phenoxy) is 3. The van der Waals surface area contributed by atoms with Crippen molar-refractivity contribution in [2.24, 2.45) is 0 Å². The van der Waals surface area contributed by atoms with Crippen LogP contribution < -0.4 is 0 Å². The Morgan fingerprint density at radius 2 is 0.582 bits per heavy atom. The lowest BCUT2D eigenvalue weighted by Gasteiger charge is -2.18. The van der Waals surface area contributed by atoms with Crippen LogP contribution in [-0.2, 0) is 28.6 Å². The van der Waals surface area contributed by atoms with E-state index in [4.69, 9.17) is 14.2 Å². The highest BCUT2D eigenvalue weighted by Gasteiger charge is 2.19. The number of allylic oxidation sites excluding steroid dienone is 14. The fourth-order valence-electron chi connectivity index (χ4n) is 7.68. The highest BCUT2D eigenvalue weighted by molar-refractivity contribution is 5.71. The summed E-state index contributed by atoms with van der Waals surface area (Å²) in [5.41, 5.74) is 0. The monoisotopic (exact) mass is 933 g/mol. The molecule has 0 radical (unpaired) electrons. The van der Waals surface area contributed by atoms with E-state index < -0.39 is 6.10 Å². The molecule has 0 amide bonds. The Hall–Kier alpha value is -3.41. The fourth-order valence-corrected chi connectivity index (χ4v) is 7.68. The molecule has 0 aliphatic carbocycles. The van der Waals surface area contributed by atoms with Crippen molar-refractivity contribution in [2.45, 2.75) is 271 Å². The van der Waals surface area contributed by atoms with Gasteiger partial charge in [0.1, 0.15) is 13.2 Å². The molecule has 6 heteroatoms. The largest absolute Gasteiger partial charge is 0.462 e. The number of unbranched alkanes of at least 4 members (excludes halogenated alkanes) is 25. The van der Waals surface area contributed by atoms with Crippen molar-refractivity contribution >= 4 is 17.9 Å². The molecule has 0 unspecified atom stereocenters. The topological polar surface area (TPSA) is 78.9 Å². The van der Waals surface area contributed by atoms with E-state index >= 15 is 0 Å². The lowest BCUT2D eigenvalue weighted by Crippen LogP contribution is -2.30. The van der Waals surface area contributed by atoms with Crippen LogP contribution in [-0.4, -0.2) is 37.2 Å². The maximum Gasteiger partial charge on any atom is 0.306 e. The van der Waals surface area contributed by atoms with Crippen LogP contribution in [0.15, 0.2) is 85.1 Å². The van der Waals surface area contributed by atoms with Crippen LogP contribution in [0, 0.1) is 0 Å². The van der Waals surface area contributed by atoms with Gasteiger partial charge in [0, 0.05) is 19.3 Å². The molecule has 0 aliphatic rings. The molecule has 0 rings (SSSR count). The zero-order valence-electron chi connectivity index (χ0n) is 43.9. The summed E-state index contributed by atoms with van der Waals surface area (Å²) < 4.78 is 16.8. The number of rotatable bonds is 50. The first-order chi connectivity index (χ1) is 33.0. The minimum absolute atomic E-state index is 0.0873. The molecule has 0 saturated carbocycles. The summed E-state index contributed by atoms with van der Waals surface area (Å²) in [6.45, 7) is 6.47. The summed E-state index contributed by atoms with van der Waals surface area (Å²) in [6.07, 6.45) is 71.4. The van der Waals surface area contributed by atoms with Crippen LogP contribution in [0.1, 0.15) is 265 Å². The summed E-state index contributed by atoms with van der Waals surface area (Å²) in [7, 11) is 0. The van der Waals surface area contributed by atoms with Crippen molar-refractivity contribution in [3.8, 4) is 0 Å². The molecule has 384 valence electrons. The molecule has 0 aromatic heterocycles. The summed E-state index contributed by atoms with van der Waals surface area (Å²) in [4.78, 5) is 38.1. The number of carbonyl (C=O) groups excluding carboxylic acids is 3. The van der Waals surface area contributed by atoms with Crippen molar-refractivity contribution in [2.75, 3.05) is 13.2 Å². The Morgan fingerprint density at radius 1 is 0.313 bits per heavy atom. The third-order valence-electron chi connectivity index (χ3n) is 11.9. The van der Waals surface area contributed by atoms with Crippen LogP contribution in [0.3, 0.4) is 0 Å². The van der Waals surface area contributed by atoms with Gasteiger partial charge in [0.05, 0.1) is 0 Å². The van der Waals surface area contributed by atoms with Gasteiger partial charge in [-0.3, -0.25) is 14.4 Å². The van der Waals surface area contributed by atoms with Gasteiger partial charge < -0.3 is 14.2 Å². The van der Waals surface area contributed by atoms with Crippen LogP contribution in [0.5, 0.6) is 0 Å². The van der Waals surface area contributed by atoms with Crippen LogP contribution in [0.2, 0.25) is 0 Å². The predicted octanol–water partition coefficient (Wildman–Crippen LogP) is 18.8. The second-order valence-electron chi connectivity index (χ2n) is 18.5. The van der Waals surface area contributed by atoms with E-state index in [0.29, 0.717) is 19.3 Å². The fraction of sp³-hybridized carbons (Fsp3) is 0.721. The zero-order valence-corrected chi connectivity index (χ0v) is 43.9. The minimum atomic E-state index is -0.791. The third kappa shape index (κ3) is 53.4. The molecule has 0 saturated heterocycles. The number of esters is 3. The molecule has 67 heavy (non-hydrogen) atoms. The SMILES string of the molecule is CC/C=C\C/C=C\C/C=C\C/C=C\C/C=C\CCCCCC(=O)OC[C@H](COC(=O)CCCCCCCCCCCCC)OC(=O)CCCCCCCCCCC/C=C\C/C=C\CCCCC. The second kappa shape index (κ2) is 55.2. The van der Waals surface area contributed by atoms with E-state index in [1.54, 1.807) is 0 Å². The van der Waals surface area contributed by atoms with E-state index in [-0.39, 0.29) is 31.1 Å². The molecule has 0 aromatic rings. The Bertz CT molecular complexity index is 1300. The minimum Gasteiger partial charge on any atom is -0.462 e. The molecule has 0 N–H and O–H groups in total. The maximum absolute atomic E-state index is 12.8. The molecular formula is C61H104O6. The Morgan fingerprint density at radius 3 is 0.955 bits per heavy atom. The molecule has 6 nitrogen and oxygen atoms in total. The predicted molar refractivity (Wildman–Crippen MR) is 288 cm³/mol. The van der Waals surface area contributed by atoms with Crippen LogP contribution >= 0.6 is 0 Å². The molecule has 0 bridgehead atoms. The van der Waals surface area contributed by atoms with Crippen LogP contribution in [0.4, 0.5) is 0 Å². The first kappa shape index (κ1) is 63.6.